The van der Waals surface area contributed by atoms with Gasteiger partial charge in [0.05, 0.1) is 18.4 Å². The highest BCUT2D eigenvalue weighted by Crippen LogP contribution is 2.39. The molecule has 1 heterocycles. The maximum atomic E-state index is 12.6. The zero-order chi connectivity index (χ0) is 18.3. The van der Waals surface area contributed by atoms with Crippen molar-refractivity contribution in [1.29, 1.82) is 0 Å². The topological polar surface area (TPSA) is 67.8 Å². The number of methoxy groups -OCH3 is 1. The Morgan fingerprint density at radius 1 is 1.35 bits per heavy atom. The lowest BCUT2D eigenvalue weighted by Crippen LogP contribution is -2.35. The van der Waals surface area contributed by atoms with Gasteiger partial charge >= 0.3 is 0 Å². The molecule has 0 spiro atoms. The third-order valence-corrected chi connectivity index (χ3v) is 5.59. The molecule has 1 aliphatic heterocycles. The van der Waals surface area contributed by atoms with Gasteiger partial charge in [-0.15, -0.1) is 0 Å². The van der Waals surface area contributed by atoms with Crippen molar-refractivity contribution in [3.05, 3.63) is 63.3 Å². The van der Waals surface area contributed by atoms with Crippen LogP contribution in [0.4, 0.5) is 0 Å². The first kappa shape index (κ1) is 17.0. The number of amides is 2. The minimum atomic E-state index is -0.367. The normalized spacial score (nSPS) is 22.7. The molecule has 4 rings (SSSR count). The van der Waals surface area contributed by atoms with Crippen molar-refractivity contribution >= 4 is 33.5 Å². The van der Waals surface area contributed by atoms with Crippen LogP contribution in [0.15, 0.2) is 62.7 Å². The van der Waals surface area contributed by atoms with Crippen molar-refractivity contribution in [2.45, 2.75) is 19.3 Å². The molecule has 0 radical (unpaired) electrons. The molecule has 1 N–H and O–H groups in total. The van der Waals surface area contributed by atoms with Gasteiger partial charge in [-0.1, -0.05) is 6.08 Å². The Hall–Kier alpha value is -2.47. The molecule has 0 saturated carbocycles. The molecule has 1 atom stereocenters. The van der Waals surface area contributed by atoms with Gasteiger partial charge in [0.1, 0.15) is 5.75 Å². The number of carbonyl (C=O) groups is 2. The van der Waals surface area contributed by atoms with Crippen molar-refractivity contribution in [2.24, 2.45) is 10.9 Å². The molecule has 3 aliphatic rings. The van der Waals surface area contributed by atoms with E-state index < -0.39 is 0 Å². The van der Waals surface area contributed by atoms with Crippen LogP contribution in [-0.2, 0) is 4.79 Å². The molecule has 0 bridgehead atoms. The van der Waals surface area contributed by atoms with Gasteiger partial charge in [-0.3, -0.25) is 9.59 Å². The zero-order valence-corrected chi connectivity index (χ0v) is 15.8. The summed E-state index contributed by atoms with van der Waals surface area (Å²) in [6.07, 6.45) is 8.48. The van der Waals surface area contributed by atoms with Gasteiger partial charge in [0.15, 0.2) is 0 Å². The van der Waals surface area contributed by atoms with Crippen LogP contribution in [0.25, 0.3) is 0 Å². The summed E-state index contributed by atoms with van der Waals surface area (Å²) in [5.74, 6) is 0.308. The minimum absolute atomic E-state index is 0.0171. The van der Waals surface area contributed by atoms with E-state index in [2.05, 4.69) is 26.2 Å². The van der Waals surface area contributed by atoms with Crippen molar-refractivity contribution in [1.82, 2.24) is 5.32 Å². The van der Waals surface area contributed by atoms with Crippen LogP contribution in [0.5, 0.6) is 5.75 Å². The highest BCUT2D eigenvalue weighted by atomic mass is 79.9. The second kappa shape index (κ2) is 6.68. The predicted molar refractivity (Wildman–Crippen MR) is 102 cm³/mol. The van der Waals surface area contributed by atoms with Crippen LogP contribution in [0.2, 0.25) is 0 Å². The highest BCUT2D eigenvalue weighted by Gasteiger charge is 2.34. The number of nitrogens with one attached hydrogen (secondary N) is 1. The fourth-order valence-electron chi connectivity index (χ4n) is 3.63. The molecule has 0 fully saturated rings. The first-order valence-electron chi connectivity index (χ1n) is 8.46. The van der Waals surface area contributed by atoms with Gasteiger partial charge in [0, 0.05) is 21.7 Å². The number of hydrogen-bond acceptors (Lipinski definition) is 3. The standard InChI is InChI=1S/C20H17BrN2O3/c1-26-12-6-8-17(21)16(10-12)20(25)22-11-5-7-14-13-3-2-4-15(13)19(24)23-18(14)9-11/h5-10,14H,2-4H2,1H3,(H,23,24). The minimum Gasteiger partial charge on any atom is -0.497 e. The van der Waals surface area contributed by atoms with Crippen molar-refractivity contribution in [2.75, 3.05) is 7.11 Å². The molecule has 5 nitrogen and oxygen atoms in total. The quantitative estimate of drug-likeness (QED) is 0.804. The lowest BCUT2D eigenvalue weighted by molar-refractivity contribution is -0.117. The van der Waals surface area contributed by atoms with Gasteiger partial charge in [-0.05, 0) is 71.1 Å². The van der Waals surface area contributed by atoms with E-state index in [0.29, 0.717) is 21.5 Å². The number of benzene rings is 1. The third-order valence-electron chi connectivity index (χ3n) is 4.90. The van der Waals surface area contributed by atoms with E-state index in [9.17, 15) is 9.59 Å². The number of halogens is 1. The fraction of sp³-hybridized carbons (Fsp3) is 0.250. The molecule has 0 saturated heterocycles. The summed E-state index contributed by atoms with van der Waals surface area (Å²) in [7, 11) is 1.55. The van der Waals surface area contributed by atoms with E-state index in [0.717, 1.165) is 30.5 Å². The van der Waals surface area contributed by atoms with Gasteiger partial charge in [-0.2, -0.15) is 0 Å². The van der Waals surface area contributed by atoms with Crippen molar-refractivity contribution < 1.29 is 14.3 Å². The molecular formula is C20H17BrN2O3. The smallest absolute Gasteiger partial charge is 0.278 e. The van der Waals surface area contributed by atoms with Crippen LogP contribution < -0.4 is 10.1 Å². The highest BCUT2D eigenvalue weighted by molar-refractivity contribution is 9.10. The van der Waals surface area contributed by atoms with E-state index >= 15 is 0 Å². The molecule has 1 unspecified atom stereocenters. The maximum Gasteiger partial charge on any atom is 0.278 e. The Balaban J connectivity index is 1.64. The number of fused-ring (bicyclic) bond motifs is 2. The summed E-state index contributed by atoms with van der Waals surface area (Å²) in [5.41, 5.74) is 3.89. The summed E-state index contributed by atoms with van der Waals surface area (Å²) in [4.78, 5) is 29.0. The number of nitrogens with zero attached hydrogens (tertiary/aromatic N) is 1. The van der Waals surface area contributed by atoms with E-state index in [4.69, 9.17) is 4.74 Å². The Bertz CT molecular complexity index is 940. The van der Waals surface area contributed by atoms with Crippen LogP contribution in [0.1, 0.15) is 29.6 Å². The fourth-order valence-corrected chi connectivity index (χ4v) is 4.05. The van der Waals surface area contributed by atoms with Gasteiger partial charge in [0.2, 0.25) is 0 Å². The Morgan fingerprint density at radius 2 is 2.19 bits per heavy atom. The van der Waals surface area contributed by atoms with Crippen molar-refractivity contribution in [3.63, 3.8) is 0 Å². The summed E-state index contributed by atoms with van der Waals surface area (Å²) < 4.78 is 5.83. The number of ether oxygens (including phenoxy) is 1. The van der Waals surface area contributed by atoms with Gasteiger partial charge in [0.25, 0.3) is 11.8 Å². The first-order chi connectivity index (χ1) is 12.6. The van der Waals surface area contributed by atoms with Crippen LogP contribution in [-0.4, -0.2) is 24.6 Å². The molecule has 2 aliphatic carbocycles. The molecule has 1 aromatic carbocycles. The molecule has 132 valence electrons. The zero-order valence-electron chi connectivity index (χ0n) is 14.2. The lowest BCUT2D eigenvalue weighted by Gasteiger charge is -2.28. The Kier molecular flexibility index (Phi) is 4.36. The Morgan fingerprint density at radius 3 is 3.00 bits per heavy atom. The largest absolute Gasteiger partial charge is 0.497 e. The summed E-state index contributed by atoms with van der Waals surface area (Å²) in [6.45, 7) is 0. The number of rotatable bonds is 2. The number of aliphatic imine (C=N–C) groups is 1. The summed E-state index contributed by atoms with van der Waals surface area (Å²) in [6, 6.07) is 5.18. The Labute approximate surface area is 159 Å². The first-order valence-corrected chi connectivity index (χ1v) is 9.25. The van der Waals surface area contributed by atoms with E-state index in [1.807, 2.05) is 12.2 Å². The third kappa shape index (κ3) is 2.94. The number of hydrogen-bond donors (Lipinski definition) is 1. The van der Waals surface area contributed by atoms with Crippen LogP contribution in [0.3, 0.4) is 0 Å². The maximum absolute atomic E-state index is 12.6. The SMILES string of the molecule is COc1ccc(Br)c(C(=O)N=C2C=CC3C(=C2)NC(=O)C2=C3CCC2)c1. The molecule has 6 heteroatoms. The van der Waals surface area contributed by atoms with Gasteiger partial charge < -0.3 is 10.1 Å². The monoisotopic (exact) mass is 412 g/mol. The summed E-state index contributed by atoms with van der Waals surface area (Å²) >= 11 is 3.38. The van der Waals surface area contributed by atoms with Gasteiger partial charge in [-0.25, -0.2) is 4.99 Å². The molecule has 2 amide bonds. The van der Waals surface area contributed by atoms with E-state index in [-0.39, 0.29) is 17.7 Å². The average molecular weight is 413 g/mol. The number of carbonyl (C=O) groups excluding carboxylic acids is 2. The second-order valence-electron chi connectivity index (χ2n) is 6.44. The van der Waals surface area contributed by atoms with Crippen LogP contribution in [0, 0.1) is 5.92 Å². The molecular weight excluding hydrogens is 396 g/mol. The molecule has 0 aromatic heterocycles. The lowest BCUT2D eigenvalue weighted by atomic mass is 9.85. The molecule has 1 aromatic rings. The van der Waals surface area contributed by atoms with E-state index in [1.54, 1.807) is 31.4 Å². The summed E-state index contributed by atoms with van der Waals surface area (Å²) in [5, 5.41) is 2.95. The van der Waals surface area contributed by atoms with E-state index in [1.165, 1.54) is 5.57 Å². The number of allylic oxidation sites excluding steroid dienone is 3. The van der Waals surface area contributed by atoms with Crippen molar-refractivity contribution in [3.8, 4) is 5.75 Å². The second-order valence-corrected chi connectivity index (χ2v) is 7.29. The molecule has 26 heavy (non-hydrogen) atoms. The predicted octanol–water partition coefficient (Wildman–Crippen LogP) is 3.72. The average Bonchev–Trinajstić information content (AvgIpc) is 3.12. The van der Waals surface area contributed by atoms with Crippen LogP contribution >= 0.6 is 15.9 Å².